The summed E-state index contributed by atoms with van der Waals surface area (Å²) in [7, 11) is 0. The molecular formula is C29H43FN5O2S-. The van der Waals surface area contributed by atoms with Crippen LogP contribution in [0.4, 0.5) is 4.39 Å². The van der Waals surface area contributed by atoms with Crippen LogP contribution in [0.15, 0.2) is 29.3 Å². The molecule has 7 nitrogen and oxygen atoms in total. The SMILES string of the molecule is CC(C)=C1CCC(N2CCC(n3c(CCNNS(=O)[O-])c(CN4CCCC4)c4cc(F)ccc43)CC2)CC1. The summed E-state index contributed by atoms with van der Waals surface area (Å²) in [5.74, 6) is -0.201. The van der Waals surface area contributed by atoms with Crippen molar-refractivity contribution in [3.05, 3.63) is 46.4 Å². The summed E-state index contributed by atoms with van der Waals surface area (Å²) in [6.45, 7) is 10.1. The van der Waals surface area contributed by atoms with Gasteiger partial charge in [-0.15, -0.1) is 0 Å². The normalized spacial score (nSPS) is 22.9. The van der Waals surface area contributed by atoms with Gasteiger partial charge in [0.05, 0.1) is 0 Å². The molecule has 1 unspecified atom stereocenters. The van der Waals surface area contributed by atoms with E-state index in [9.17, 15) is 13.2 Å². The Balaban J connectivity index is 1.38. The highest BCUT2D eigenvalue weighted by Gasteiger charge is 2.31. The number of aromatic nitrogens is 1. The average molecular weight is 545 g/mol. The maximum absolute atomic E-state index is 14.5. The number of allylic oxidation sites excluding steroid dienone is 2. The predicted molar refractivity (Wildman–Crippen MR) is 151 cm³/mol. The van der Waals surface area contributed by atoms with E-state index >= 15 is 0 Å². The molecule has 3 fully saturated rings. The van der Waals surface area contributed by atoms with Gasteiger partial charge in [-0.2, -0.15) is 4.83 Å². The zero-order chi connectivity index (χ0) is 26.6. The molecule has 1 atom stereocenters. The second kappa shape index (κ2) is 12.7. The summed E-state index contributed by atoms with van der Waals surface area (Å²) in [6.07, 6.45) is 10.3. The molecule has 2 N–H and O–H groups in total. The Kier molecular flexibility index (Phi) is 9.33. The molecule has 2 saturated heterocycles. The summed E-state index contributed by atoms with van der Waals surface area (Å²) in [4.78, 5) is 7.46. The number of piperidine rings is 1. The lowest BCUT2D eigenvalue weighted by Crippen LogP contribution is -2.43. The van der Waals surface area contributed by atoms with E-state index in [4.69, 9.17) is 0 Å². The Morgan fingerprint density at radius 2 is 1.76 bits per heavy atom. The van der Waals surface area contributed by atoms with Crippen LogP contribution in [-0.2, 0) is 24.2 Å². The van der Waals surface area contributed by atoms with Gasteiger partial charge in [0, 0.05) is 72.5 Å². The monoisotopic (exact) mass is 544 g/mol. The van der Waals surface area contributed by atoms with Crippen molar-refractivity contribution in [1.82, 2.24) is 24.6 Å². The van der Waals surface area contributed by atoms with E-state index in [1.165, 1.54) is 55.4 Å². The third kappa shape index (κ3) is 6.40. The van der Waals surface area contributed by atoms with Gasteiger partial charge in [-0.25, -0.2) is 9.82 Å². The molecule has 38 heavy (non-hydrogen) atoms. The molecule has 210 valence electrons. The standard InChI is InChI=1S/C29H44FN5O2S/c1-21(2)22-5-8-24(9-6-22)34-17-12-25(13-18-34)35-28-10-7-23(30)19-26(28)27(20-33-15-3-4-16-33)29(35)11-14-31-32-38(36)37/h7,10,19,24-25,31-32H,3-6,8-9,11-18,20H2,1-2H3,(H,36,37)/p-1. The van der Waals surface area contributed by atoms with E-state index < -0.39 is 11.3 Å². The quantitative estimate of drug-likeness (QED) is 0.207. The summed E-state index contributed by atoms with van der Waals surface area (Å²) in [5.41, 5.74) is 9.51. The molecule has 2 aliphatic heterocycles. The average Bonchev–Trinajstić information content (AvgIpc) is 3.53. The van der Waals surface area contributed by atoms with Crippen LogP contribution in [0.25, 0.3) is 10.9 Å². The number of hydrogen-bond donors (Lipinski definition) is 2. The molecule has 0 spiro atoms. The zero-order valence-corrected chi connectivity index (χ0v) is 23.8. The number of nitrogens with one attached hydrogen (secondary N) is 2. The first-order valence-corrected chi connectivity index (χ1v) is 15.5. The van der Waals surface area contributed by atoms with Gasteiger partial charge >= 0.3 is 0 Å². The smallest absolute Gasteiger partial charge is 0.123 e. The highest BCUT2D eigenvalue weighted by molar-refractivity contribution is 7.76. The summed E-state index contributed by atoms with van der Waals surface area (Å²) < 4.78 is 39.0. The highest BCUT2D eigenvalue weighted by Crippen LogP contribution is 2.37. The van der Waals surface area contributed by atoms with E-state index in [2.05, 4.69) is 38.5 Å². The zero-order valence-electron chi connectivity index (χ0n) is 22.9. The van der Waals surface area contributed by atoms with Crippen LogP contribution in [0.5, 0.6) is 0 Å². The number of rotatable bonds is 9. The number of fused-ring (bicyclic) bond motifs is 1. The molecule has 0 bridgehead atoms. The van der Waals surface area contributed by atoms with Crippen molar-refractivity contribution in [3.8, 4) is 0 Å². The van der Waals surface area contributed by atoms with Gasteiger partial charge in [-0.1, -0.05) is 11.1 Å². The van der Waals surface area contributed by atoms with E-state index in [0.717, 1.165) is 56.5 Å². The van der Waals surface area contributed by atoms with Crippen molar-refractivity contribution < 1.29 is 13.2 Å². The van der Waals surface area contributed by atoms with Gasteiger partial charge in [-0.3, -0.25) is 9.11 Å². The first kappa shape index (κ1) is 27.9. The maximum Gasteiger partial charge on any atom is 0.123 e. The van der Waals surface area contributed by atoms with Gasteiger partial charge in [0.15, 0.2) is 0 Å². The molecule has 1 saturated carbocycles. The molecule has 0 amide bonds. The minimum Gasteiger partial charge on any atom is -0.759 e. The largest absolute Gasteiger partial charge is 0.759 e. The van der Waals surface area contributed by atoms with Crippen LogP contribution in [0.2, 0.25) is 0 Å². The Labute approximate surface area is 229 Å². The first-order chi connectivity index (χ1) is 18.4. The van der Waals surface area contributed by atoms with Crippen molar-refractivity contribution in [2.45, 2.75) is 90.3 Å². The van der Waals surface area contributed by atoms with E-state index in [1.54, 1.807) is 17.7 Å². The van der Waals surface area contributed by atoms with E-state index in [0.29, 0.717) is 25.0 Å². The molecule has 1 aromatic heterocycles. The minimum atomic E-state index is -2.36. The van der Waals surface area contributed by atoms with Gasteiger partial charge in [-0.05, 0) is 102 Å². The number of hydrogen-bond acceptors (Lipinski definition) is 5. The molecular weight excluding hydrogens is 501 g/mol. The van der Waals surface area contributed by atoms with Crippen LogP contribution in [0.1, 0.15) is 82.5 Å². The van der Waals surface area contributed by atoms with E-state index in [1.807, 2.05) is 6.07 Å². The van der Waals surface area contributed by atoms with Crippen LogP contribution in [0.3, 0.4) is 0 Å². The number of likely N-dealkylation sites (tertiary alicyclic amines) is 2. The predicted octanol–water partition coefficient (Wildman–Crippen LogP) is 4.72. The molecule has 1 aliphatic carbocycles. The van der Waals surface area contributed by atoms with Crippen LogP contribution in [-0.4, -0.2) is 61.9 Å². The van der Waals surface area contributed by atoms with Crippen LogP contribution < -0.4 is 10.3 Å². The summed E-state index contributed by atoms with van der Waals surface area (Å²) >= 11 is -2.36. The third-order valence-electron chi connectivity index (χ3n) is 9.05. The molecule has 5 rings (SSSR count). The minimum absolute atomic E-state index is 0.201. The molecule has 3 aliphatic rings. The summed E-state index contributed by atoms with van der Waals surface area (Å²) in [5, 5.41) is 1.01. The molecule has 3 heterocycles. The Morgan fingerprint density at radius 3 is 2.42 bits per heavy atom. The van der Waals surface area contributed by atoms with Crippen LogP contribution in [0, 0.1) is 5.82 Å². The maximum atomic E-state index is 14.5. The van der Waals surface area contributed by atoms with Crippen molar-refractivity contribution in [1.29, 1.82) is 0 Å². The molecule has 1 aromatic carbocycles. The van der Waals surface area contributed by atoms with Crippen molar-refractivity contribution >= 4 is 22.2 Å². The Hall–Kier alpha value is -1.62. The lowest BCUT2D eigenvalue weighted by molar-refractivity contribution is 0.116. The van der Waals surface area contributed by atoms with Crippen LogP contribution >= 0.6 is 0 Å². The highest BCUT2D eigenvalue weighted by atomic mass is 32.2. The number of nitrogens with zero attached hydrogens (tertiary/aromatic N) is 3. The first-order valence-electron chi connectivity index (χ1n) is 14.4. The number of benzene rings is 1. The summed E-state index contributed by atoms with van der Waals surface area (Å²) in [6, 6.07) is 6.29. The fourth-order valence-corrected chi connectivity index (χ4v) is 7.27. The topological polar surface area (TPSA) is 75.6 Å². The fourth-order valence-electron chi connectivity index (χ4n) is 7.05. The van der Waals surface area contributed by atoms with Gasteiger partial charge in [0.2, 0.25) is 0 Å². The molecule has 9 heteroatoms. The second-order valence-corrected chi connectivity index (χ2v) is 12.2. The molecule has 0 radical (unpaired) electrons. The third-order valence-corrected chi connectivity index (χ3v) is 9.36. The number of hydrazine groups is 1. The lowest BCUT2D eigenvalue weighted by Gasteiger charge is -2.41. The Morgan fingerprint density at radius 1 is 1.05 bits per heavy atom. The number of halogens is 1. The van der Waals surface area contributed by atoms with Crippen molar-refractivity contribution in [2.24, 2.45) is 0 Å². The van der Waals surface area contributed by atoms with Gasteiger partial charge < -0.3 is 14.0 Å². The Bertz CT molecular complexity index is 1150. The van der Waals surface area contributed by atoms with Crippen molar-refractivity contribution in [3.63, 3.8) is 0 Å². The lowest BCUT2D eigenvalue weighted by atomic mass is 9.86. The second-order valence-electron chi connectivity index (χ2n) is 11.6. The molecule has 2 aromatic rings. The van der Waals surface area contributed by atoms with Gasteiger partial charge in [0.25, 0.3) is 0 Å². The van der Waals surface area contributed by atoms with Crippen molar-refractivity contribution in [2.75, 3.05) is 32.7 Å². The van der Waals surface area contributed by atoms with E-state index in [-0.39, 0.29) is 5.82 Å². The van der Waals surface area contributed by atoms with Gasteiger partial charge in [0.1, 0.15) is 5.82 Å². The fraction of sp³-hybridized carbons (Fsp3) is 0.655.